The third kappa shape index (κ3) is 4.90. The van der Waals surface area contributed by atoms with Crippen molar-refractivity contribution < 1.29 is 0 Å². The van der Waals surface area contributed by atoms with Gasteiger partial charge in [-0.2, -0.15) is 15.0 Å². The zero-order valence-electron chi connectivity index (χ0n) is 12.6. The van der Waals surface area contributed by atoms with Crippen LogP contribution in [0.25, 0.3) is 0 Å². The van der Waals surface area contributed by atoms with E-state index in [0.29, 0.717) is 11.8 Å². The second-order valence-corrected chi connectivity index (χ2v) is 5.88. The van der Waals surface area contributed by atoms with Crippen LogP contribution in [0.4, 0.5) is 11.9 Å². The Balaban J connectivity index is 1.87. The molecule has 0 saturated carbocycles. The highest BCUT2D eigenvalue weighted by atomic mass is 32.2. The Morgan fingerprint density at radius 3 is 2.52 bits per heavy atom. The lowest BCUT2D eigenvalue weighted by Crippen LogP contribution is -2.19. The van der Waals surface area contributed by atoms with Gasteiger partial charge in [-0.15, -0.1) is 11.8 Å². The van der Waals surface area contributed by atoms with Gasteiger partial charge in [-0.05, 0) is 50.6 Å². The molecule has 0 aliphatic rings. The molecule has 0 fully saturated rings. The first-order chi connectivity index (χ1) is 10.1. The van der Waals surface area contributed by atoms with Gasteiger partial charge in [-0.3, -0.25) is 0 Å². The molecule has 0 radical (unpaired) electrons. The van der Waals surface area contributed by atoms with E-state index < -0.39 is 0 Å². The van der Waals surface area contributed by atoms with Crippen molar-refractivity contribution in [3.63, 3.8) is 0 Å². The molecule has 2 rings (SSSR count). The van der Waals surface area contributed by atoms with Gasteiger partial charge in [0.15, 0.2) is 0 Å². The average Bonchev–Trinajstić information content (AvgIpc) is 2.44. The van der Waals surface area contributed by atoms with Crippen molar-refractivity contribution in [2.45, 2.75) is 37.6 Å². The number of rotatable bonds is 6. The maximum Gasteiger partial charge on any atom is 0.227 e. The Kier molecular flexibility index (Phi) is 5.38. The topological polar surface area (TPSA) is 76.7 Å². The fraction of sp³-hybridized carbons (Fsp3) is 0.400. The van der Waals surface area contributed by atoms with Gasteiger partial charge in [0.1, 0.15) is 5.82 Å². The Morgan fingerprint density at radius 1 is 1.19 bits per heavy atom. The molecule has 1 heterocycles. The van der Waals surface area contributed by atoms with E-state index in [1.54, 1.807) is 18.7 Å². The van der Waals surface area contributed by atoms with Gasteiger partial charge >= 0.3 is 0 Å². The molecule has 1 aromatic heterocycles. The van der Waals surface area contributed by atoms with Gasteiger partial charge in [-0.1, -0.05) is 12.1 Å². The van der Waals surface area contributed by atoms with E-state index in [1.165, 1.54) is 10.5 Å². The summed E-state index contributed by atoms with van der Waals surface area (Å²) in [7, 11) is 0. The SMILES string of the molecule is CSc1ccc(CCC(C)Nc2nc(C)nc(N)n2)cc1. The number of aromatic nitrogens is 3. The van der Waals surface area contributed by atoms with E-state index in [0.717, 1.165) is 12.8 Å². The summed E-state index contributed by atoms with van der Waals surface area (Å²) in [5.74, 6) is 1.43. The smallest absolute Gasteiger partial charge is 0.227 e. The first-order valence-electron chi connectivity index (χ1n) is 6.94. The molecule has 0 bridgehead atoms. The van der Waals surface area contributed by atoms with Crippen molar-refractivity contribution in [1.29, 1.82) is 0 Å². The molecular formula is C15H21N5S. The first-order valence-corrected chi connectivity index (χ1v) is 8.17. The van der Waals surface area contributed by atoms with Crippen LogP contribution in [0.3, 0.4) is 0 Å². The van der Waals surface area contributed by atoms with E-state index in [9.17, 15) is 0 Å². The van der Waals surface area contributed by atoms with Gasteiger partial charge < -0.3 is 11.1 Å². The number of nitrogens with one attached hydrogen (secondary N) is 1. The minimum Gasteiger partial charge on any atom is -0.368 e. The second kappa shape index (κ2) is 7.26. The Bertz CT molecular complexity index is 565. The molecule has 5 nitrogen and oxygen atoms in total. The summed E-state index contributed by atoms with van der Waals surface area (Å²) < 4.78 is 0. The molecule has 0 amide bonds. The lowest BCUT2D eigenvalue weighted by molar-refractivity contribution is 0.696. The van der Waals surface area contributed by atoms with Crippen LogP contribution >= 0.6 is 11.8 Å². The number of anilines is 2. The maximum absolute atomic E-state index is 5.62. The van der Waals surface area contributed by atoms with Crippen molar-refractivity contribution in [1.82, 2.24) is 15.0 Å². The Hall–Kier alpha value is -1.82. The highest BCUT2D eigenvalue weighted by molar-refractivity contribution is 7.98. The number of nitrogens with zero attached hydrogens (tertiary/aromatic N) is 3. The van der Waals surface area contributed by atoms with Gasteiger partial charge in [0.25, 0.3) is 0 Å². The summed E-state index contributed by atoms with van der Waals surface area (Å²) in [6.45, 7) is 3.92. The van der Waals surface area contributed by atoms with E-state index in [2.05, 4.69) is 57.7 Å². The van der Waals surface area contributed by atoms with Gasteiger partial charge in [0, 0.05) is 10.9 Å². The summed E-state index contributed by atoms with van der Waals surface area (Å²) in [6.07, 6.45) is 4.11. The molecule has 21 heavy (non-hydrogen) atoms. The molecular weight excluding hydrogens is 282 g/mol. The Labute approximate surface area is 129 Å². The Morgan fingerprint density at radius 2 is 1.90 bits per heavy atom. The predicted octanol–water partition coefficient (Wildman–Crippen LogP) is 2.92. The van der Waals surface area contributed by atoms with Gasteiger partial charge in [0.05, 0.1) is 0 Å². The number of hydrogen-bond donors (Lipinski definition) is 2. The zero-order chi connectivity index (χ0) is 15.2. The molecule has 1 atom stereocenters. The molecule has 6 heteroatoms. The fourth-order valence-electron chi connectivity index (χ4n) is 2.04. The summed E-state index contributed by atoms with van der Waals surface area (Å²) in [5.41, 5.74) is 6.96. The van der Waals surface area contributed by atoms with Crippen molar-refractivity contribution in [2.24, 2.45) is 0 Å². The van der Waals surface area contributed by atoms with Crippen LogP contribution in [-0.4, -0.2) is 27.2 Å². The van der Waals surface area contributed by atoms with Gasteiger partial charge in [0.2, 0.25) is 11.9 Å². The van der Waals surface area contributed by atoms with Crippen molar-refractivity contribution in [3.05, 3.63) is 35.7 Å². The van der Waals surface area contributed by atoms with Crippen molar-refractivity contribution in [3.8, 4) is 0 Å². The monoisotopic (exact) mass is 303 g/mol. The second-order valence-electron chi connectivity index (χ2n) is 5.00. The minimum absolute atomic E-state index is 0.254. The van der Waals surface area contributed by atoms with E-state index in [4.69, 9.17) is 5.73 Å². The first kappa shape index (κ1) is 15.6. The molecule has 0 aliphatic carbocycles. The molecule has 3 N–H and O–H groups in total. The van der Waals surface area contributed by atoms with Crippen LogP contribution in [0.15, 0.2) is 29.2 Å². The highest BCUT2D eigenvalue weighted by Crippen LogP contribution is 2.16. The van der Waals surface area contributed by atoms with Crippen molar-refractivity contribution >= 4 is 23.7 Å². The summed E-state index contributed by atoms with van der Waals surface area (Å²) >= 11 is 1.76. The number of aryl methyl sites for hydroxylation is 2. The minimum atomic E-state index is 0.254. The average molecular weight is 303 g/mol. The number of thioether (sulfide) groups is 1. The van der Waals surface area contributed by atoms with E-state index in [1.807, 2.05) is 0 Å². The third-order valence-corrected chi connectivity index (χ3v) is 3.91. The molecule has 0 aliphatic heterocycles. The standard InChI is InChI=1S/C15H21N5S/c1-10(17-15-19-11(2)18-14(16)20-15)4-5-12-6-8-13(21-3)9-7-12/h6-10H,4-5H2,1-3H3,(H3,16,17,18,19,20). The van der Waals surface area contributed by atoms with Crippen LogP contribution in [0.2, 0.25) is 0 Å². The van der Waals surface area contributed by atoms with Crippen LogP contribution in [0.1, 0.15) is 24.7 Å². The molecule has 2 aromatic rings. The highest BCUT2D eigenvalue weighted by Gasteiger charge is 2.06. The van der Waals surface area contributed by atoms with Crippen LogP contribution in [0, 0.1) is 6.92 Å². The van der Waals surface area contributed by atoms with Crippen LogP contribution in [0.5, 0.6) is 0 Å². The summed E-state index contributed by atoms with van der Waals surface area (Å²) in [5, 5.41) is 3.27. The van der Waals surface area contributed by atoms with E-state index in [-0.39, 0.29) is 12.0 Å². The largest absolute Gasteiger partial charge is 0.368 e. The summed E-state index contributed by atoms with van der Waals surface area (Å²) in [6, 6.07) is 8.96. The van der Waals surface area contributed by atoms with Crippen molar-refractivity contribution in [2.75, 3.05) is 17.3 Å². The predicted molar refractivity (Wildman–Crippen MR) is 88.6 cm³/mol. The maximum atomic E-state index is 5.62. The number of nitrogen functional groups attached to an aromatic ring is 1. The molecule has 1 aromatic carbocycles. The molecule has 0 saturated heterocycles. The normalized spacial score (nSPS) is 12.1. The molecule has 1 unspecified atom stereocenters. The number of nitrogens with two attached hydrogens (primary N) is 1. The zero-order valence-corrected chi connectivity index (χ0v) is 13.4. The van der Waals surface area contributed by atoms with Gasteiger partial charge in [-0.25, -0.2) is 0 Å². The van der Waals surface area contributed by atoms with Crippen LogP contribution < -0.4 is 11.1 Å². The fourth-order valence-corrected chi connectivity index (χ4v) is 2.44. The van der Waals surface area contributed by atoms with Crippen LogP contribution in [-0.2, 0) is 6.42 Å². The number of hydrogen-bond acceptors (Lipinski definition) is 6. The number of benzene rings is 1. The lowest BCUT2D eigenvalue weighted by Gasteiger charge is -2.14. The third-order valence-electron chi connectivity index (χ3n) is 3.17. The molecule has 112 valence electrons. The lowest BCUT2D eigenvalue weighted by atomic mass is 10.1. The van der Waals surface area contributed by atoms with E-state index >= 15 is 0 Å². The molecule has 0 spiro atoms. The quantitative estimate of drug-likeness (QED) is 0.799. The summed E-state index contributed by atoms with van der Waals surface area (Å²) in [4.78, 5) is 13.6.